The Morgan fingerprint density at radius 1 is 1.27 bits per heavy atom. The summed E-state index contributed by atoms with van der Waals surface area (Å²) >= 11 is 0. The quantitative estimate of drug-likeness (QED) is 0.621. The van der Waals surface area contributed by atoms with Gasteiger partial charge in [0.05, 0.1) is 13.2 Å². The molecule has 2 amide bonds. The van der Waals surface area contributed by atoms with Crippen molar-refractivity contribution in [1.29, 1.82) is 0 Å². The normalized spacial score (nSPS) is 10.5. The van der Waals surface area contributed by atoms with Gasteiger partial charge in [-0.2, -0.15) is 0 Å². The Morgan fingerprint density at radius 3 is 2.47 bits per heavy atom. The number of carbonyl (C=O) groups is 1. The Hall–Kier alpha value is -0.810. The first kappa shape index (κ1) is 14.2. The minimum Gasteiger partial charge on any atom is -0.378 e. The molecule has 0 aliphatic carbocycles. The summed E-state index contributed by atoms with van der Waals surface area (Å²) in [5, 5.41) is 2.77. The molecule has 0 unspecified atom stereocenters. The van der Waals surface area contributed by atoms with Crippen molar-refractivity contribution in [2.75, 3.05) is 54.0 Å². The molecule has 0 heterocycles. The monoisotopic (exact) mass is 217 g/mol. The van der Waals surface area contributed by atoms with Crippen molar-refractivity contribution in [2.24, 2.45) is 0 Å². The molecule has 0 saturated heterocycles. The van der Waals surface area contributed by atoms with E-state index < -0.39 is 0 Å². The molecule has 1 N–H and O–H groups in total. The van der Waals surface area contributed by atoms with Crippen LogP contribution in [0.4, 0.5) is 4.79 Å². The topological polar surface area (TPSA) is 44.8 Å². The molecule has 0 aromatic rings. The van der Waals surface area contributed by atoms with Gasteiger partial charge in [-0.3, -0.25) is 0 Å². The van der Waals surface area contributed by atoms with Crippen molar-refractivity contribution in [1.82, 2.24) is 15.1 Å². The molecule has 0 fully saturated rings. The van der Waals surface area contributed by atoms with Crippen LogP contribution in [0.5, 0.6) is 0 Å². The van der Waals surface area contributed by atoms with Gasteiger partial charge < -0.3 is 19.9 Å². The first-order chi connectivity index (χ1) is 7.07. The lowest BCUT2D eigenvalue weighted by Crippen LogP contribution is -2.38. The molecule has 0 aliphatic heterocycles. The van der Waals surface area contributed by atoms with Crippen LogP contribution >= 0.6 is 0 Å². The van der Waals surface area contributed by atoms with Gasteiger partial charge in [0.2, 0.25) is 0 Å². The summed E-state index contributed by atoms with van der Waals surface area (Å²) in [6.45, 7) is 5.39. The van der Waals surface area contributed by atoms with Crippen molar-refractivity contribution in [2.45, 2.75) is 6.92 Å². The van der Waals surface area contributed by atoms with E-state index >= 15 is 0 Å². The molecular weight excluding hydrogens is 194 g/mol. The molecule has 0 atom stereocenters. The first-order valence-electron chi connectivity index (χ1n) is 5.29. The number of nitrogens with zero attached hydrogens (tertiary/aromatic N) is 2. The molecule has 5 heteroatoms. The van der Waals surface area contributed by atoms with Gasteiger partial charge >= 0.3 is 6.03 Å². The van der Waals surface area contributed by atoms with Gasteiger partial charge in [0.25, 0.3) is 0 Å². The van der Waals surface area contributed by atoms with Crippen LogP contribution in [0.2, 0.25) is 0 Å². The average Bonchev–Trinajstić information content (AvgIpc) is 2.21. The summed E-state index contributed by atoms with van der Waals surface area (Å²) in [7, 11) is 5.77. The van der Waals surface area contributed by atoms with Gasteiger partial charge in [0.1, 0.15) is 0 Å². The molecular formula is C10H23N3O2. The van der Waals surface area contributed by atoms with Gasteiger partial charge in [-0.05, 0) is 21.0 Å². The zero-order valence-corrected chi connectivity index (χ0v) is 10.2. The Morgan fingerprint density at radius 2 is 1.93 bits per heavy atom. The van der Waals surface area contributed by atoms with Gasteiger partial charge in [-0.15, -0.1) is 0 Å². The van der Waals surface area contributed by atoms with Crippen LogP contribution in [0.15, 0.2) is 0 Å². The second kappa shape index (κ2) is 8.49. The fraction of sp³-hybridized carbons (Fsp3) is 0.900. The van der Waals surface area contributed by atoms with E-state index in [2.05, 4.69) is 10.2 Å². The van der Waals surface area contributed by atoms with Crippen molar-refractivity contribution >= 4 is 6.03 Å². The van der Waals surface area contributed by atoms with Crippen LogP contribution in [0, 0.1) is 0 Å². The molecule has 5 nitrogen and oxygen atoms in total. The molecule has 0 bridgehead atoms. The Balaban J connectivity index is 3.27. The Kier molecular flexibility index (Phi) is 8.04. The highest BCUT2D eigenvalue weighted by atomic mass is 16.5. The van der Waals surface area contributed by atoms with Crippen LogP contribution in [-0.2, 0) is 4.74 Å². The van der Waals surface area contributed by atoms with E-state index in [9.17, 15) is 4.79 Å². The van der Waals surface area contributed by atoms with E-state index in [1.165, 1.54) is 0 Å². The molecule has 0 radical (unpaired) electrons. The standard InChI is InChI=1S/C10H23N3O2/c1-5-13(4)10(14)11-6-8-15-9-7-12(2)3/h5-9H2,1-4H3,(H,11,14). The number of ether oxygens (including phenoxy) is 1. The average molecular weight is 217 g/mol. The number of likely N-dealkylation sites (N-methyl/N-ethyl adjacent to an activating group) is 1. The molecule has 0 aromatic carbocycles. The first-order valence-corrected chi connectivity index (χ1v) is 5.29. The minimum absolute atomic E-state index is 0.0475. The van der Waals surface area contributed by atoms with Gasteiger partial charge in [-0.1, -0.05) is 0 Å². The second-order valence-electron chi connectivity index (χ2n) is 3.66. The van der Waals surface area contributed by atoms with E-state index in [4.69, 9.17) is 4.74 Å². The third kappa shape index (κ3) is 8.20. The largest absolute Gasteiger partial charge is 0.378 e. The molecule has 0 aromatic heterocycles. The number of urea groups is 1. The highest BCUT2D eigenvalue weighted by Gasteiger charge is 2.03. The summed E-state index contributed by atoms with van der Waals surface area (Å²) in [5.41, 5.74) is 0. The highest BCUT2D eigenvalue weighted by Crippen LogP contribution is 1.82. The molecule has 0 spiro atoms. The smallest absolute Gasteiger partial charge is 0.317 e. The third-order valence-corrected chi connectivity index (χ3v) is 2.03. The van der Waals surface area contributed by atoms with Crippen LogP contribution in [-0.4, -0.2) is 69.8 Å². The van der Waals surface area contributed by atoms with E-state index in [1.54, 1.807) is 11.9 Å². The lowest BCUT2D eigenvalue weighted by atomic mass is 10.6. The molecule has 15 heavy (non-hydrogen) atoms. The van der Waals surface area contributed by atoms with Crippen LogP contribution in [0.25, 0.3) is 0 Å². The maximum atomic E-state index is 11.3. The second-order valence-corrected chi connectivity index (χ2v) is 3.66. The van der Waals surface area contributed by atoms with E-state index in [-0.39, 0.29) is 6.03 Å². The van der Waals surface area contributed by atoms with E-state index in [0.717, 1.165) is 6.54 Å². The zero-order valence-electron chi connectivity index (χ0n) is 10.2. The third-order valence-electron chi connectivity index (χ3n) is 2.03. The number of amides is 2. The Labute approximate surface area is 92.4 Å². The molecule has 0 saturated carbocycles. The van der Waals surface area contributed by atoms with E-state index in [0.29, 0.717) is 26.3 Å². The summed E-state index contributed by atoms with van der Waals surface area (Å²) in [4.78, 5) is 14.9. The summed E-state index contributed by atoms with van der Waals surface area (Å²) in [6.07, 6.45) is 0. The zero-order chi connectivity index (χ0) is 11.7. The van der Waals surface area contributed by atoms with Crippen molar-refractivity contribution in [3.05, 3.63) is 0 Å². The molecule has 0 rings (SSSR count). The summed E-state index contributed by atoms with van der Waals surface area (Å²) in [6, 6.07) is -0.0475. The maximum Gasteiger partial charge on any atom is 0.317 e. The van der Waals surface area contributed by atoms with Gasteiger partial charge in [0.15, 0.2) is 0 Å². The van der Waals surface area contributed by atoms with Crippen LogP contribution < -0.4 is 5.32 Å². The SMILES string of the molecule is CCN(C)C(=O)NCCOCCN(C)C. The number of hydrogen-bond donors (Lipinski definition) is 1. The molecule has 0 aliphatic rings. The van der Waals surface area contributed by atoms with Crippen molar-refractivity contribution < 1.29 is 9.53 Å². The lowest BCUT2D eigenvalue weighted by Gasteiger charge is -2.15. The maximum absolute atomic E-state index is 11.3. The lowest BCUT2D eigenvalue weighted by molar-refractivity contribution is 0.118. The van der Waals surface area contributed by atoms with E-state index in [1.807, 2.05) is 21.0 Å². The summed E-state index contributed by atoms with van der Waals surface area (Å²) < 4.78 is 5.33. The van der Waals surface area contributed by atoms with Crippen molar-refractivity contribution in [3.63, 3.8) is 0 Å². The summed E-state index contributed by atoms with van der Waals surface area (Å²) in [5.74, 6) is 0. The van der Waals surface area contributed by atoms with Gasteiger partial charge in [0, 0.05) is 26.7 Å². The molecule has 90 valence electrons. The van der Waals surface area contributed by atoms with Crippen LogP contribution in [0.1, 0.15) is 6.92 Å². The van der Waals surface area contributed by atoms with Crippen LogP contribution in [0.3, 0.4) is 0 Å². The minimum atomic E-state index is -0.0475. The fourth-order valence-corrected chi connectivity index (χ4v) is 0.858. The highest BCUT2D eigenvalue weighted by molar-refractivity contribution is 5.73. The number of hydrogen-bond acceptors (Lipinski definition) is 3. The van der Waals surface area contributed by atoms with Gasteiger partial charge in [-0.25, -0.2) is 4.79 Å². The fourth-order valence-electron chi connectivity index (χ4n) is 0.858. The predicted molar refractivity (Wildman–Crippen MR) is 61.1 cm³/mol. The van der Waals surface area contributed by atoms with Crippen molar-refractivity contribution in [3.8, 4) is 0 Å². The number of carbonyl (C=O) groups excluding carboxylic acids is 1. The number of nitrogens with one attached hydrogen (secondary N) is 1. The predicted octanol–water partition coefficient (Wildman–Crippen LogP) is 0.226. The number of rotatable bonds is 7. The Bertz CT molecular complexity index is 174.